The highest BCUT2D eigenvalue weighted by Gasteiger charge is 2.25. The fourth-order valence-electron chi connectivity index (χ4n) is 2.16. The largest absolute Gasteiger partial charge is 0.368 e. The molecule has 0 aromatic heterocycles. The Labute approximate surface area is 125 Å². The lowest BCUT2D eigenvalue weighted by molar-refractivity contribution is -0.124. The van der Waals surface area contributed by atoms with E-state index in [1.807, 2.05) is 0 Å². The normalized spacial score (nSPS) is 19.0. The lowest BCUT2D eigenvalue weighted by Gasteiger charge is -2.16. The van der Waals surface area contributed by atoms with Crippen LogP contribution in [-0.4, -0.2) is 45.4 Å². The van der Waals surface area contributed by atoms with Crippen LogP contribution in [0.5, 0.6) is 0 Å². The van der Waals surface area contributed by atoms with E-state index in [9.17, 15) is 13.2 Å². The number of anilines is 1. The van der Waals surface area contributed by atoms with Crippen molar-refractivity contribution in [3.8, 4) is 0 Å². The molecular formula is C14H20N2O4S. The van der Waals surface area contributed by atoms with Gasteiger partial charge >= 0.3 is 0 Å². The minimum atomic E-state index is -3.53. The second kappa shape index (κ2) is 6.13. The number of hydrogen-bond donors (Lipinski definition) is 1. The zero-order valence-electron chi connectivity index (χ0n) is 12.4. The smallest absolute Gasteiger partial charge is 0.253 e. The molecule has 2 rings (SSSR count). The van der Waals surface area contributed by atoms with Crippen molar-refractivity contribution in [2.24, 2.45) is 0 Å². The summed E-state index contributed by atoms with van der Waals surface area (Å²) in [6.45, 7) is 2.31. The molecule has 1 unspecified atom stereocenters. The lowest BCUT2D eigenvalue weighted by atomic mass is 10.2. The highest BCUT2D eigenvalue weighted by molar-refractivity contribution is 7.89. The molecule has 1 aromatic rings. The lowest BCUT2D eigenvalue weighted by Crippen LogP contribution is -2.27. The van der Waals surface area contributed by atoms with Crippen molar-refractivity contribution in [3.63, 3.8) is 0 Å². The van der Waals surface area contributed by atoms with Gasteiger partial charge in [0, 0.05) is 26.4 Å². The van der Waals surface area contributed by atoms with Gasteiger partial charge in [-0.2, -0.15) is 0 Å². The zero-order chi connectivity index (χ0) is 15.6. The second-order valence-corrected chi connectivity index (χ2v) is 7.38. The number of hydrogen-bond acceptors (Lipinski definition) is 4. The number of nitrogens with one attached hydrogen (secondary N) is 1. The van der Waals surface area contributed by atoms with Crippen molar-refractivity contribution in [2.45, 2.75) is 30.8 Å². The topological polar surface area (TPSA) is 75.7 Å². The van der Waals surface area contributed by atoms with Crippen molar-refractivity contribution < 1.29 is 17.9 Å². The van der Waals surface area contributed by atoms with E-state index in [0.717, 1.165) is 10.7 Å². The van der Waals surface area contributed by atoms with E-state index >= 15 is 0 Å². The number of amides is 1. The predicted molar refractivity (Wildman–Crippen MR) is 79.7 cm³/mol. The van der Waals surface area contributed by atoms with E-state index in [0.29, 0.717) is 24.3 Å². The van der Waals surface area contributed by atoms with Crippen LogP contribution in [0.2, 0.25) is 0 Å². The van der Waals surface area contributed by atoms with Crippen molar-refractivity contribution in [2.75, 3.05) is 26.0 Å². The summed E-state index contributed by atoms with van der Waals surface area (Å²) in [5, 5.41) is 2.72. The number of nitrogens with zero attached hydrogens (tertiary/aromatic N) is 1. The van der Waals surface area contributed by atoms with Gasteiger partial charge in [0.25, 0.3) is 5.91 Å². The molecule has 6 nitrogen and oxygen atoms in total. The predicted octanol–water partition coefficient (Wildman–Crippen LogP) is 1.36. The highest BCUT2D eigenvalue weighted by atomic mass is 32.2. The molecule has 1 aliphatic rings. The van der Waals surface area contributed by atoms with Crippen molar-refractivity contribution >= 4 is 21.6 Å². The first kappa shape index (κ1) is 15.9. The second-order valence-electron chi connectivity index (χ2n) is 5.26. The van der Waals surface area contributed by atoms with Crippen molar-refractivity contribution in [3.05, 3.63) is 23.8 Å². The maximum atomic E-state index is 12.2. The summed E-state index contributed by atoms with van der Waals surface area (Å²) in [5.74, 6) is -0.232. The van der Waals surface area contributed by atoms with Gasteiger partial charge in [0.05, 0.1) is 4.90 Å². The molecule has 116 valence electrons. The molecule has 1 heterocycles. The number of benzene rings is 1. The van der Waals surface area contributed by atoms with E-state index in [1.165, 1.54) is 20.2 Å². The molecule has 0 aliphatic carbocycles. The van der Waals surface area contributed by atoms with Crippen LogP contribution in [-0.2, 0) is 19.6 Å². The fraction of sp³-hybridized carbons (Fsp3) is 0.500. The van der Waals surface area contributed by atoms with Gasteiger partial charge in [-0.1, -0.05) is 6.07 Å². The third-order valence-corrected chi connectivity index (χ3v) is 5.39. The summed E-state index contributed by atoms with van der Waals surface area (Å²) in [6.07, 6.45) is 1.12. The number of carbonyl (C=O) groups excluding carboxylic acids is 1. The molecule has 1 amide bonds. The molecule has 1 N–H and O–H groups in total. The minimum Gasteiger partial charge on any atom is -0.368 e. The first-order valence-electron chi connectivity index (χ1n) is 6.78. The maximum Gasteiger partial charge on any atom is 0.253 e. The number of sulfonamides is 1. The van der Waals surface area contributed by atoms with Gasteiger partial charge in [0.15, 0.2) is 0 Å². The molecule has 1 atom stereocenters. The number of ether oxygens (including phenoxy) is 1. The summed E-state index contributed by atoms with van der Waals surface area (Å²) >= 11 is 0. The Morgan fingerprint density at radius 1 is 1.38 bits per heavy atom. The molecule has 1 aromatic carbocycles. The summed E-state index contributed by atoms with van der Waals surface area (Å²) in [6, 6.07) is 4.86. The zero-order valence-corrected chi connectivity index (χ0v) is 13.2. The van der Waals surface area contributed by atoms with E-state index in [4.69, 9.17) is 4.74 Å². The average Bonchev–Trinajstić information content (AvgIpc) is 2.94. The minimum absolute atomic E-state index is 0.192. The van der Waals surface area contributed by atoms with Crippen LogP contribution in [0.4, 0.5) is 5.69 Å². The molecule has 7 heteroatoms. The molecule has 1 aliphatic heterocycles. The van der Waals surface area contributed by atoms with E-state index < -0.39 is 16.1 Å². The van der Waals surface area contributed by atoms with Crippen LogP contribution in [0.3, 0.4) is 0 Å². The Balaban J connectivity index is 2.24. The van der Waals surface area contributed by atoms with Crippen molar-refractivity contribution in [1.29, 1.82) is 0 Å². The summed E-state index contributed by atoms with van der Waals surface area (Å²) in [5.41, 5.74) is 1.10. The number of aryl methyl sites for hydroxylation is 1. The van der Waals surface area contributed by atoms with Crippen LogP contribution >= 0.6 is 0 Å². The number of rotatable bonds is 4. The molecule has 0 radical (unpaired) electrons. The van der Waals surface area contributed by atoms with E-state index in [2.05, 4.69) is 5.32 Å². The SMILES string of the molecule is Cc1ccc(NC(=O)C2CCCO2)cc1S(=O)(=O)N(C)C. The van der Waals surface area contributed by atoms with Crippen LogP contribution in [0.15, 0.2) is 23.1 Å². The molecule has 0 saturated carbocycles. The van der Waals surface area contributed by atoms with Crippen LogP contribution in [0, 0.1) is 6.92 Å². The summed E-state index contributed by atoms with van der Waals surface area (Å²) in [4.78, 5) is 12.2. The molecule has 0 bridgehead atoms. The van der Waals surface area contributed by atoms with E-state index in [1.54, 1.807) is 19.1 Å². The van der Waals surface area contributed by atoms with Gasteiger partial charge < -0.3 is 10.1 Å². The Bertz CT molecular complexity index is 634. The van der Waals surface area contributed by atoms with Gasteiger partial charge in [-0.25, -0.2) is 12.7 Å². The molecule has 1 saturated heterocycles. The van der Waals surface area contributed by atoms with Crippen molar-refractivity contribution in [1.82, 2.24) is 4.31 Å². The average molecular weight is 312 g/mol. The van der Waals surface area contributed by atoms with Crippen LogP contribution in [0.25, 0.3) is 0 Å². The van der Waals surface area contributed by atoms with E-state index in [-0.39, 0.29) is 10.8 Å². The van der Waals surface area contributed by atoms with Crippen LogP contribution < -0.4 is 5.32 Å². The van der Waals surface area contributed by atoms with Gasteiger partial charge in [-0.3, -0.25) is 4.79 Å². The maximum absolute atomic E-state index is 12.2. The Kier molecular flexibility index (Phi) is 4.65. The van der Waals surface area contributed by atoms with Gasteiger partial charge in [0.1, 0.15) is 6.10 Å². The summed E-state index contributed by atoms with van der Waals surface area (Å²) in [7, 11) is -0.577. The quantitative estimate of drug-likeness (QED) is 0.911. The third kappa shape index (κ3) is 3.42. The summed E-state index contributed by atoms with van der Waals surface area (Å²) < 4.78 is 30.9. The Hall–Kier alpha value is -1.44. The molecule has 21 heavy (non-hydrogen) atoms. The first-order chi connectivity index (χ1) is 9.82. The molecule has 1 fully saturated rings. The third-order valence-electron chi connectivity index (χ3n) is 3.44. The molecule has 0 spiro atoms. The highest BCUT2D eigenvalue weighted by Crippen LogP contribution is 2.23. The van der Waals surface area contributed by atoms with Crippen LogP contribution in [0.1, 0.15) is 18.4 Å². The van der Waals surface area contributed by atoms with Gasteiger partial charge in [-0.15, -0.1) is 0 Å². The standard InChI is InChI=1S/C14H20N2O4S/c1-10-6-7-11(9-13(10)21(18,19)16(2)3)15-14(17)12-5-4-8-20-12/h6-7,9,12H,4-5,8H2,1-3H3,(H,15,17). The van der Waals surface area contributed by atoms with Gasteiger partial charge in [0.2, 0.25) is 10.0 Å². The monoisotopic (exact) mass is 312 g/mol. The Morgan fingerprint density at radius 3 is 2.67 bits per heavy atom. The van der Waals surface area contributed by atoms with Gasteiger partial charge in [-0.05, 0) is 37.5 Å². The number of carbonyl (C=O) groups is 1. The Morgan fingerprint density at radius 2 is 2.10 bits per heavy atom. The first-order valence-corrected chi connectivity index (χ1v) is 8.22. The molecular weight excluding hydrogens is 292 g/mol. The fourth-order valence-corrected chi connectivity index (χ4v) is 3.30.